The zero-order chi connectivity index (χ0) is 53.0. The molecule has 0 aliphatic carbocycles. The Kier molecular flexibility index (Phi) is 39.7. The standard InChI is InChI=1S/2C22H36NO9P.BI3/c2*1-4-10-29-15-20(25)32-21-17(2)12-19(13-18(21)3)14-30-22(26)23-9-7-5-6-8-11-31-33(27,28)16-24;1-4(2)3/h2*12-13,24H,4-11,14-16H2,1-3H3,(H,23,26)(H,27,28);/p-2. The van der Waals surface area contributed by atoms with Crippen molar-refractivity contribution in [2.45, 2.75) is 119 Å². The van der Waals surface area contributed by atoms with Crippen LogP contribution in [0, 0.1) is 27.7 Å². The maximum atomic E-state index is 11.9. The van der Waals surface area contributed by atoms with Crippen LogP contribution in [0.2, 0.25) is 0 Å². The zero-order valence-corrected chi connectivity index (χ0v) is 49.2. The molecule has 0 saturated heterocycles. The van der Waals surface area contributed by atoms with Crippen LogP contribution in [0.5, 0.6) is 11.5 Å². The predicted octanol–water partition coefficient (Wildman–Crippen LogP) is 8.16. The summed E-state index contributed by atoms with van der Waals surface area (Å²) in [5, 5.41) is 22.5. The van der Waals surface area contributed by atoms with Gasteiger partial charge in [-0.2, -0.15) is 0 Å². The third kappa shape index (κ3) is 36.3. The summed E-state index contributed by atoms with van der Waals surface area (Å²) in [5.41, 5.74) is 9.83. The van der Waals surface area contributed by atoms with Crippen molar-refractivity contribution in [2.24, 2.45) is 0 Å². The molecular formula is C44H70BI3N2O18P2-2. The number of rotatable bonds is 32. The number of halogens is 3. The molecule has 2 unspecified atom stereocenters. The number of carbonyl (C=O) groups excluding carboxylic acids is 4. The van der Waals surface area contributed by atoms with Crippen molar-refractivity contribution < 1.29 is 85.8 Å². The number of esters is 2. The Morgan fingerprint density at radius 3 is 1.21 bits per heavy atom. The summed E-state index contributed by atoms with van der Waals surface area (Å²) < 4.78 is 62.8. The number of nitrogens with one attached hydrogen (secondary N) is 2. The van der Waals surface area contributed by atoms with Gasteiger partial charge in [0, 0.05) is 26.3 Å². The van der Waals surface area contributed by atoms with Crippen LogP contribution in [0.15, 0.2) is 24.3 Å². The molecule has 4 N–H and O–H groups in total. The van der Waals surface area contributed by atoms with Crippen molar-refractivity contribution >= 4 is 93.9 Å². The summed E-state index contributed by atoms with van der Waals surface area (Å²) in [7, 11) is -8.19. The van der Waals surface area contributed by atoms with E-state index in [-0.39, 0.29) is 39.6 Å². The van der Waals surface area contributed by atoms with Gasteiger partial charge in [-0.15, -0.1) is 0 Å². The molecule has 2 rings (SSSR count). The average Bonchev–Trinajstić information content (AvgIpc) is 3.29. The number of aryl methyl sites for hydroxylation is 4. The van der Waals surface area contributed by atoms with E-state index in [0.29, 0.717) is 63.5 Å². The second-order valence-corrected chi connectivity index (χ2v) is 42.4. The van der Waals surface area contributed by atoms with Crippen molar-refractivity contribution in [2.75, 3.05) is 65.4 Å². The molecule has 0 bridgehead atoms. The van der Waals surface area contributed by atoms with E-state index in [1.807, 2.05) is 41.5 Å². The van der Waals surface area contributed by atoms with Gasteiger partial charge in [0.2, 0.25) is 0 Å². The molecule has 0 saturated carbocycles. The molecule has 0 heterocycles. The topological polar surface area (TPSA) is 287 Å². The first-order chi connectivity index (χ1) is 33.1. The first-order valence-corrected chi connectivity index (χ1v) is 39.8. The van der Waals surface area contributed by atoms with Crippen molar-refractivity contribution in [3.8, 4) is 11.5 Å². The molecule has 0 spiro atoms. The first-order valence-electron chi connectivity index (χ1n) is 22.6. The van der Waals surface area contributed by atoms with Crippen molar-refractivity contribution in [3.05, 3.63) is 57.6 Å². The second-order valence-electron chi connectivity index (χ2n) is 15.4. The molecule has 0 aromatic heterocycles. The summed E-state index contributed by atoms with van der Waals surface area (Å²) in [6.07, 6.45) is 4.15. The Bertz CT molecular complexity index is 1760. The van der Waals surface area contributed by atoms with Crippen LogP contribution in [-0.2, 0) is 59.9 Å². The molecule has 2 aromatic rings. The van der Waals surface area contributed by atoms with Crippen LogP contribution in [0.25, 0.3) is 0 Å². The van der Waals surface area contributed by atoms with Gasteiger partial charge in [-0.05, 0) is 124 Å². The number of aliphatic hydroxyl groups is 2. The molecule has 26 heteroatoms. The molecule has 70 heavy (non-hydrogen) atoms. The van der Waals surface area contributed by atoms with Crippen molar-refractivity contribution in [1.82, 2.24) is 10.6 Å². The summed E-state index contributed by atoms with van der Waals surface area (Å²) in [6, 6.07) is 7.20. The van der Waals surface area contributed by atoms with E-state index in [4.69, 9.17) is 44.3 Å². The Morgan fingerprint density at radius 1 is 0.600 bits per heavy atom. The van der Waals surface area contributed by atoms with E-state index in [9.17, 15) is 38.1 Å². The molecule has 2 radical (unpaired) electrons. The molecule has 400 valence electrons. The van der Waals surface area contributed by atoms with E-state index in [1.54, 1.807) is 24.3 Å². The number of hydrogen-bond donors (Lipinski definition) is 4. The molecule has 0 fully saturated rings. The number of amides is 2. The number of ether oxygens (including phenoxy) is 6. The summed E-state index contributed by atoms with van der Waals surface area (Å²) >= 11 is 3.71. The SMILES string of the molecule is CCCOCC(=O)Oc1c(C)cc(COC(=O)NCCCCCCOP(=O)([O-])CO)cc1C.CCCOCC(=O)Oc1c(C)cc(COC(=O)NCCCCCCOP(=O)([O-])CO)cc1C.[B]I(I)I. The Morgan fingerprint density at radius 2 is 0.914 bits per heavy atom. The van der Waals surface area contributed by atoms with Gasteiger partial charge < -0.3 is 77.2 Å². The van der Waals surface area contributed by atoms with Crippen molar-refractivity contribution in [3.63, 3.8) is 0 Å². The number of hydrogen-bond acceptors (Lipinski definition) is 18. The van der Waals surface area contributed by atoms with Gasteiger partial charge in [0.05, 0.1) is 13.2 Å². The van der Waals surface area contributed by atoms with Gasteiger partial charge >= 0.3 is 78.7 Å². The fourth-order valence-electron chi connectivity index (χ4n) is 5.89. The van der Waals surface area contributed by atoms with Crippen LogP contribution in [0.3, 0.4) is 0 Å². The molecular weight excluding hydrogens is 1300 g/mol. The minimum atomic E-state index is -4.10. The third-order valence-corrected chi connectivity index (χ3v) is 10.8. The normalized spacial score (nSPS) is 12.7. The number of aliphatic hydroxyl groups excluding tert-OH is 2. The summed E-state index contributed by atoms with van der Waals surface area (Å²) in [4.78, 5) is 69.5. The molecule has 0 aliphatic heterocycles. The fourth-order valence-corrected chi connectivity index (χ4v) is 6.86. The molecule has 2 amide bonds. The molecule has 2 atom stereocenters. The van der Waals surface area contributed by atoms with Crippen LogP contribution in [-0.4, -0.2) is 105 Å². The number of benzene rings is 2. The molecule has 20 nitrogen and oxygen atoms in total. The number of carbonyl (C=O) groups is 4. The Labute approximate surface area is 440 Å². The van der Waals surface area contributed by atoms with Crippen molar-refractivity contribution in [1.29, 1.82) is 0 Å². The summed E-state index contributed by atoms with van der Waals surface area (Å²) in [5.74, 6) is 0.0449. The average molecular weight is 1370 g/mol. The van der Waals surface area contributed by atoms with Gasteiger partial charge in [0.1, 0.15) is 50.6 Å². The fraction of sp³-hybridized carbons (Fsp3) is 0.636. The van der Waals surface area contributed by atoms with Gasteiger partial charge in [0.15, 0.2) is 15.2 Å². The first kappa shape index (κ1) is 68.3. The van der Waals surface area contributed by atoms with E-state index < -0.39 is 63.7 Å². The van der Waals surface area contributed by atoms with E-state index >= 15 is 0 Å². The van der Waals surface area contributed by atoms with Gasteiger partial charge in [0.25, 0.3) is 0 Å². The third-order valence-electron chi connectivity index (χ3n) is 8.95. The van der Waals surface area contributed by atoms with Crippen LogP contribution in [0.4, 0.5) is 9.59 Å². The van der Waals surface area contributed by atoms with E-state index in [2.05, 4.69) is 56.9 Å². The monoisotopic (exact) mass is 1370 g/mol. The minimum absolute atomic E-state index is 0.0419. The second kappa shape index (κ2) is 40.7. The summed E-state index contributed by atoms with van der Waals surface area (Å²) in [6.45, 7) is 13.1. The molecule has 0 aliphatic rings. The Balaban J connectivity index is 0.00000126. The van der Waals surface area contributed by atoms with Crippen LogP contribution in [0.1, 0.15) is 111 Å². The zero-order valence-electron chi connectivity index (χ0n) is 40.9. The maximum absolute atomic E-state index is 11.9. The number of unbranched alkanes of at least 4 members (excludes halogenated alkanes) is 6. The quantitative estimate of drug-likeness (QED) is 0.0134. The van der Waals surface area contributed by atoms with E-state index in [0.717, 1.165) is 71.9 Å². The number of alkyl carbamates (subject to hydrolysis) is 2. The van der Waals surface area contributed by atoms with Crippen LogP contribution >= 0.6 is 64.1 Å². The van der Waals surface area contributed by atoms with Gasteiger partial charge in [-0.3, -0.25) is 0 Å². The van der Waals surface area contributed by atoms with Gasteiger partial charge in [-0.1, -0.05) is 39.5 Å². The Hall–Kier alpha value is -1.69. The van der Waals surface area contributed by atoms with Gasteiger partial charge in [-0.25, -0.2) is 19.2 Å². The van der Waals surface area contributed by atoms with E-state index in [1.165, 1.54) is 0 Å². The predicted molar refractivity (Wildman–Crippen MR) is 288 cm³/mol. The van der Waals surface area contributed by atoms with Crippen LogP contribution < -0.4 is 29.9 Å². The molecule has 2 aromatic carbocycles.